The van der Waals surface area contributed by atoms with E-state index in [9.17, 15) is 9.59 Å². The number of nitrogens with one attached hydrogen (secondary N) is 2. The third kappa shape index (κ3) is 3.31. The van der Waals surface area contributed by atoms with Crippen molar-refractivity contribution in [2.45, 2.75) is 37.8 Å². The summed E-state index contributed by atoms with van der Waals surface area (Å²) in [6.07, 6.45) is 2.93. The summed E-state index contributed by atoms with van der Waals surface area (Å²) in [5.41, 5.74) is 2.80. The second-order valence-electron chi connectivity index (χ2n) is 7.71. The first kappa shape index (κ1) is 20.2. The van der Waals surface area contributed by atoms with Crippen molar-refractivity contribution in [3.63, 3.8) is 0 Å². The lowest BCUT2D eigenvalue weighted by molar-refractivity contribution is 0.371. The smallest absolute Gasteiger partial charge is 0.328 e. The minimum Gasteiger partial charge on any atom is -0.496 e. The van der Waals surface area contributed by atoms with Crippen LogP contribution < -0.4 is 21.3 Å². The molecule has 0 bridgehead atoms. The summed E-state index contributed by atoms with van der Waals surface area (Å²) in [5, 5.41) is 5.49. The van der Waals surface area contributed by atoms with E-state index in [1.165, 1.54) is 27.0 Å². The first-order chi connectivity index (χ1) is 13.7. The number of hydrogen-bond acceptors (Lipinski definition) is 5. The Morgan fingerprint density at radius 3 is 2.97 bits per heavy atom. The Labute approximate surface area is 178 Å². The SMILES string of the molecule is COc1cccc2c1CC[C@H]1CNC(CCn3c(=O)[nH]c4ccsc4c3=O)[C@@H]21.Cl. The summed E-state index contributed by atoms with van der Waals surface area (Å²) in [6, 6.07) is 8.34. The summed E-state index contributed by atoms with van der Waals surface area (Å²) < 4.78 is 7.55. The number of hydrogen-bond donors (Lipinski definition) is 2. The van der Waals surface area contributed by atoms with Crippen LogP contribution in [0.5, 0.6) is 5.75 Å². The Bertz CT molecular complexity index is 1150. The van der Waals surface area contributed by atoms with Gasteiger partial charge in [-0.15, -0.1) is 23.7 Å². The Hall–Kier alpha value is -2.09. The lowest BCUT2D eigenvalue weighted by Crippen LogP contribution is -2.37. The zero-order valence-corrected chi connectivity index (χ0v) is 17.8. The minimum absolute atomic E-state index is 0. The summed E-state index contributed by atoms with van der Waals surface area (Å²) in [7, 11) is 1.73. The molecule has 1 fully saturated rings. The van der Waals surface area contributed by atoms with E-state index in [0.29, 0.717) is 28.6 Å². The second kappa shape index (κ2) is 7.97. The van der Waals surface area contributed by atoms with Crippen LogP contribution >= 0.6 is 23.7 Å². The van der Waals surface area contributed by atoms with Crippen molar-refractivity contribution in [2.75, 3.05) is 13.7 Å². The molecule has 6 nitrogen and oxygen atoms in total. The average molecular weight is 434 g/mol. The summed E-state index contributed by atoms with van der Waals surface area (Å²) >= 11 is 1.37. The molecule has 0 radical (unpaired) electrons. The van der Waals surface area contributed by atoms with E-state index < -0.39 is 0 Å². The van der Waals surface area contributed by atoms with E-state index in [4.69, 9.17) is 4.74 Å². The molecule has 3 aromatic rings. The summed E-state index contributed by atoms with van der Waals surface area (Å²) in [6.45, 7) is 1.41. The molecule has 0 saturated carbocycles. The van der Waals surface area contributed by atoms with Gasteiger partial charge in [0.25, 0.3) is 5.56 Å². The van der Waals surface area contributed by atoms with Crippen molar-refractivity contribution in [2.24, 2.45) is 5.92 Å². The number of fused-ring (bicyclic) bond motifs is 4. The van der Waals surface area contributed by atoms with Crippen LogP contribution in [-0.4, -0.2) is 29.2 Å². The Kier molecular flexibility index (Phi) is 5.55. The molecule has 8 heteroatoms. The molecule has 2 N–H and O–H groups in total. The van der Waals surface area contributed by atoms with Crippen LogP contribution in [0.1, 0.15) is 29.9 Å². The molecule has 1 aromatic carbocycles. The van der Waals surface area contributed by atoms with E-state index in [1.54, 1.807) is 13.2 Å². The molecule has 154 valence electrons. The molecule has 3 atom stereocenters. The topological polar surface area (TPSA) is 76.1 Å². The number of H-pyrrole nitrogens is 1. The molecular weight excluding hydrogens is 410 g/mol. The molecule has 1 saturated heterocycles. The number of nitrogens with zero attached hydrogens (tertiary/aromatic N) is 1. The Morgan fingerprint density at radius 1 is 1.28 bits per heavy atom. The van der Waals surface area contributed by atoms with Crippen molar-refractivity contribution in [1.82, 2.24) is 14.9 Å². The second-order valence-corrected chi connectivity index (χ2v) is 8.62. The zero-order chi connectivity index (χ0) is 19.3. The molecule has 0 spiro atoms. The van der Waals surface area contributed by atoms with Gasteiger partial charge in [-0.25, -0.2) is 4.79 Å². The number of aromatic nitrogens is 2. The van der Waals surface area contributed by atoms with Crippen LogP contribution in [-0.2, 0) is 13.0 Å². The van der Waals surface area contributed by atoms with Crippen molar-refractivity contribution in [1.29, 1.82) is 0 Å². The number of halogens is 1. The third-order valence-corrected chi connectivity index (χ3v) is 7.25. The van der Waals surface area contributed by atoms with E-state index in [-0.39, 0.29) is 29.7 Å². The van der Waals surface area contributed by atoms with E-state index >= 15 is 0 Å². The largest absolute Gasteiger partial charge is 0.496 e. The number of thiophene rings is 1. The predicted molar refractivity (Wildman–Crippen MR) is 118 cm³/mol. The first-order valence-corrected chi connectivity index (χ1v) is 10.6. The van der Waals surface area contributed by atoms with Crippen molar-refractivity contribution < 1.29 is 4.74 Å². The van der Waals surface area contributed by atoms with Gasteiger partial charge in [0.05, 0.1) is 12.6 Å². The highest BCUT2D eigenvalue weighted by atomic mass is 35.5. The number of benzene rings is 1. The molecule has 2 aliphatic rings. The number of ether oxygens (including phenoxy) is 1. The van der Waals surface area contributed by atoms with Gasteiger partial charge in [-0.05, 0) is 60.4 Å². The average Bonchev–Trinajstić information content (AvgIpc) is 3.34. The van der Waals surface area contributed by atoms with Crippen LogP contribution in [0.15, 0.2) is 39.2 Å². The third-order valence-electron chi connectivity index (χ3n) is 6.35. The summed E-state index contributed by atoms with van der Waals surface area (Å²) in [4.78, 5) is 27.9. The van der Waals surface area contributed by atoms with E-state index in [1.807, 2.05) is 11.4 Å². The lowest BCUT2D eigenvalue weighted by Gasteiger charge is -2.32. The molecule has 1 unspecified atom stereocenters. The van der Waals surface area contributed by atoms with Gasteiger partial charge in [-0.2, -0.15) is 0 Å². The van der Waals surface area contributed by atoms with Crippen LogP contribution in [0.4, 0.5) is 0 Å². The van der Waals surface area contributed by atoms with Gasteiger partial charge in [0, 0.05) is 18.5 Å². The molecule has 2 aromatic heterocycles. The standard InChI is InChI=1S/C21H23N3O3S.ClH/c1-27-17-4-2-3-14-13(17)6-5-12-11-22-15(18(12)14)7-9-24-20(25)19-16(8-10-28-19)23-21(24)26;/h2-4,8,10,12,15,18,22H,5-7,9,11H2,1H3,(H,23,26);1H/t12-,15?,18+;/m0./s1. The molecule has 5 rings (SSSR count). The number of methoxy groups -OCH3 is 1. The molecule has 0 amide bonds. The van der Waals surface area contributed by atoms with Crippen molar-refractivity contribution in [3.05, 3.63) is 61.6 Å². The van der Waals surface area contributed by atoms with Crippen LogP contribution in [0, 0.1) is 5.92 Å². The first-order valence-electron chi connectivity index (χ1n) is 9.77. The molecule has 1 aliphatic heterocycles. The monoisotopic (exact) mass is 433 g/mol. The van der Waals surface area contributed by atoms with Crippen LogP contribution in [0.25, 0.3) is 10.2 Å². The Balaban J connectivity index is 0.00000205. The number of aromatic amines is 1. The fourth-order valence-electron chi connectivity index (χ4n) is 5.04. The quantitative estimate of drug-likeness (QED) is 0.663. The maximum atomic E-state index is 12.7. The minimum atomic E-state index is -0.323. The van der Waals surface area contributed by atoms with Gasteiger partial charge in [0.2, 0.25) is 0 Å². The fourth-order valence-corrected chi connectivity index (χ4v) is 5.84. The van der Waals surface area contributed by atoms with E-state index in [0.717, 1.165) is 31.6 Å². The summed E-state index contributed by atoms with van der Waals surface area (Å²) in [5.74, 6) is 1.97. The van der Waals surface area contributed by atoms with Crippen LogP contribution in [0.2, 0.25) is 0 Å². The van der Waals surface area contributed by atoms with E-state index in [2.05, 4.69) is 22.4 Å². The molecule has 29 heavy (non-hydrogen) atoms. The Morgan fingerprint density at radius 2 is 2.14 bits per heavy atom. The highest BCUT2D eigenvalue weighted by Crippen LogP contribution is 2.45. The zero-order valence-electron chi connectivity index (χ0n) is 16.1. The van der Waals surface area contributed by atoms with Gasteiger partial charge in [0.15, 0.2) is 0 Å². The lowest BCUT2D eigenvalue weighted by atomic mass is 9.73. The normalized spacial score (nSPS) is 22.7. The van der Waals surface area contributed by atoms with Gasteiger partial charge in [0.1, 0.15) is 10.4 Å². The van der Waals surface area contributed by atoms with Gasteiger partial charge >= 0.3 is 5.69 Å². The molecular formula is C21H24ClN3O3S. The molecule has 1 aliphatic carbocycles. The molecule has 3 heterocycles. The van der Waals surface area contributed by atoms with Gasteiger partial charge < -0.3 is 15.0 Å². The van der Waals surface area contributed by atoms with Crippen molar-refractivity contribution >= 4 is 34.0 Å². The predicted octanol–water partition coefficient (Wildman–Crippen LogP) is 2.89. The van der Waals surface area contributed by atoms with Gasteiger partial charge in [-0.3, -0.25) is 9.36 Å². The maximum absolute atomic E-state index is 12.7. The highest BCUT2D eigenvalue weighted by Gasteiger charge is 2.40. The number of rotatable bonds is 4. The van der Waals surface area contributed by atoms with Gasteiger partial charge in [-0.1, -0.05) is 12.1 Å². The highest BCUT2D eigenvalue weighted by molar-refractivity contribution is 7.17. The van der Waals surface area contributed by atoms with Crippen LogP contribution in [0.3, 0.4) is 0 Å². The van der Waals surface area contributed by atoms with Crippen molar-refractivity contribution in [3.8, 4) is 5.75 Å². The fraction of sp³-hybridized carbons (Fsp3) is 0.429. The maximum Gasteiger partial charge on any atom is 0.328 e.